The number of hydrogen-bond acceptors (Lipinski definition) is 4. The number of carbonyl (C=O) groups is 1. The Morgan fingerprint density at radius 2 is 1.83 bits per heavy atom. The molecule has 0 aliphatic carbocycles. The fourth-order valence-corrected chi connectivity index (χ4v) is 3.13. The van der Waals surface area contributed by atoms with Crippen molar-refractivity contribution in [2.75, 3.05) is 32.9 Å². The first kappa shape index (κ1) is 16.3. The largest absolute Gasteiger partial charge is 0.484 e. The zero-order valence-corrected chi connectivity index (χ0v) is 13.7. The molecule has 0 spiro atoms. The Labute approximate surface area is 137 Å². The van der Waals surface area contributed by atoms with Crippen LogP contribution in [0.2, 0.25) is 0 Å². The van der Waals surface area contributed by atoms with Crippen LogP contribution in [0.25, 0.3) is 0 Å². The van der Waals surface area contributed by atoms with E-state index < -0.39 is 0 Å². The summed E-state index contributed by atoms with van der Waals surface area (Å²) in [6.07, 6.45) is 2.80. The molecule has 0 unspecified atom stereocenters. The van der Waals surface area contributed by atoms with Gasteiger partial charge in [0.05, 0.1) is 13.2 Å². The van der Waals surface area contributed by atoms with Crippen LogP contribution < -0.4 is 4.74 Å². The van der Waals surface area contributed by atoms with Crippen LogP contribution >= 0.6 is 0 Å². The lowest BCUT2D eigenvalue weighted by Gasteiger charge is -2.33. The zero-order chi connectivity index (χ0) is 16.1. The van der Waals surface area contributed by atoms with Crippen LogP contribution in [-0.4, -0.2) is 50.0 Å². The quantitative estimate of drug-likeness (QED) is 0.835. The molecule has 3 rings (SSSR count). The number of aryl methyl sites for hydroxylation is 1. The number of piperidine rings is 1. The predicted molar refractivity (Wildman–Crippen MR) is 86.3 cm³/mol. The molecule has 0 saturated carbocycles. The first-order valence-electron chi connectivity index (χ1n) is 8.49. The summed E-state index contributed by atoms with van der Waals surface area (Å²) < 4.78 is 16.7. The van der Waals surface area contributed by atoms with Gasteiger partial charge in [-0.3, -0.25) is 4.79 Å². The van der Waals surface area contributed by atoms with Crippen LogP contribution in [0.4, 0.5) is 0 Å². The van der Waals surface area contributed by atoms with Gasteiger partial charge >= 0.3 is 0 Å². The van der Waals surface area contributed by atoms with Gasteiger partial charge in [-0.25, -0.2) is 0 Å². The summed E-state index contributed by atoms with van der Waals surface area (Å²) in [6, 6.07) is 7.92. The fourth-order valence-electron chi connectivity index (χ4n) is 3.13. The van der Waals surface area contributed by atoms with Crippen molar-refractivity contribution >= 4 is 5.91 Å². The maximum Gasteiger partial charge on any atom is 0.260 e. The van der Waals surface area contributed by atoms with Crippen molar-refractivity contribution in [3.05, 3.63) is 29.8 Å². The third-order valence-electron chi connectivity index (χ3n) is 4.62. The standard InChI is InChI=1S/C18H25NO4/c1-2-14-3-5-16(6-4-14)23-13-17(20)19-9-7-15(8-10-19)18-21-11-12-22-18/h3-6,15,18H,2,7-13H2,1H3. The van der Waals surface area contributed by atoms with E-state index in [2.05, 4.69) is 6.92 Å². The van der Waals surface area contributed by atoms with Gasteiger partial charge in [0.25, 0.3) is 5.91 Å². The lowest BCUT2D eigenvalue weighted by Crippen LogP contribution is -2.43. The molecular weight excluding hydrogens is 294 g/mol. The van der Waals surface area contributed by atoms with Gasteiger partial charge in [-0.05, 0) is 37.0 Å². The lowest BCUT2D eigenvalue weighted by atomic mass is 9.96. The van der Waals surface area contributed by atoms with Crippen LogP contribution in [0.15, 0.2) is 24.3 Å². The molecule has 2 fully saturated rings. The first-order valence-corrected chi connectivity index (χ1v) is 8.49. The van der Waals surface area contributed by atoms with E-state index >= 15 is 0 Å². The van der Waals surface area contributed by atoms with E-state index in [0.717, 1.165) is 38.1 Å². The van der Waals surface area contributed by atoms with E-state index in [1.54, 1.807) is 0 Å². The highest BCUT2D eigenvalue weighted by Gasteiger charge is 2.31. The minimum atomic E-state index is -0.0689. The van der Waals surface area contributed by atoms with Crippen molar-refractivity contribution in [3.8, 4) is 5.75 Å². The van der Waals surface area contributed by atoms with Gasteiger partial charge in [-0.1, -0.05) is 19.1 Å². The van der Waals surface area contributed by atoms with E-state index in [4.69, 9.17) is 14.2 Å². The van der Waals surface area contributed by atoms with Crippen LogP contribution in [0.1, 0.15) is 25.3 Å². The molecule has 2 heterocycles. The van der Waals surface area contributed by atoms with Crippen molar-refractivity contribution < 1.29 is 19.0 Å². The molecule has 0 aromatic heterocycles. The van der Waals surface area contributed by atoms with Gasteiger partial charge in [-0.2, -0.15) is 0 Å². The summed E-state index contributed by atoms with van der Waals surface area (Å²) in [4.78, 5) is 14.1. The average molecular weight is 319 g/mol. The topological polar surface area (TPSA) is 48.0 Å². The first-order chi connectivity index (χ1) is 11.3. The van der Waals surface area contributed by atoms with Crippen molar-refractivity contribution in [1.29, 1.82) is 0 Å². The summed E-state index contributed by atoms with van der Waals surface area (Å²) in [5, 5.41) is 0. The van der Waals surface area contributed by atoms with Gasteiger partial charge in [-0.15, -0.1) is 0 Å². The van der Waals surface area contributed by atoms with Crippen molar-refractivity contribution in [3.63, 3.8) is 0 Å². The van der Waals surface area contributed by atoms with Gasteiger partial charge < -0.3 is 19.1 Å². The lowest BCUT2D eigenvalue weighted by molar-refractivity contribution is -0.138. The Kier molecular flexibility index (Phi) is 5.51. The van der Waals surface area contributed by atoms with E-state index in [-0.39, 0.29) is 18.8 Å². The van der Waals surface area contributed by atoms with Crippen molar-refractivity contribution in [2.24, 2.45) is 5.92 Å². The van der Waals surface area contributed by atoms with Crippen LogP contribution in [-0.2, 0) is 20.7 Å². The molecule has 0 N–H and O–H groups in total. The molecule has 1 aromatic carbocycles. The molecule has 2 aliphatic rings. The maximum absolute atomic E-state index is 12.3. The van der Waals surface area contributed by atoms with Gasteiger partial charge in [0.1, 0.15) is 5.75 Å². The summed E-state index contributed by atoms with van der Waals surface area (Å²) in [5.74, 6) is 1.21. The third kappa shape index (κ3) is 4.24. The highest BCUT2D eigenvalue weighted by atomic mass is 16.7. The van der Waals surface area contributed by atoms with Gasteiger partial charge in [0, 0.05) is 19.0 Å². The molecule has 0 radical (unpaired) electrons. The Morgan fingerprint density at radius 1 is 1.17 bits per heavy atom. The number of hydrogen-bond donors (Lipinski definition) is 0. The molecule has 1 aromatic rings. The molecule has 5 heteroatoms. The second-order valence-electron chi connectivity index (χ2n) is 6.11. The number of amides is 1. The molecule has 5 nitrogen and oxygen atoms in total. The van der Waals surface area contributed by atoms with Crippen molar-refractivity contribution in [1.82, 2.24) is 4.90 Å². The second kappa shape index (κ2) is 7.79. The smallest absolute Gasteiger partial charge is 0.260 e. The summed E-state index contributed by atoms with van der Waals surface area (Å²) in [6.45, 7) is 5.11. The SMILES string of the molecule is CCc1ccc(OCC(=O)N2CCC(C3OCCO3)CC2)cc1. The van der Waals surface area contributed by atoms with Crippen LogP contribution in [0, 0.1) is 5.92 Å². The molecule has 0 bridgehead atoms. The van der Waals surface area contributed by atoms with Gasteiger partial charge in [0.15, 0.2) is 12.9 Å². The number of nitrogens with zero attached hydrogens (tertiary/aromatic N) is 1. The Bertz CT molecular complexity index is 502. The molecule has 1 amide bonds. The van der Waals surface area contributed by atoms with E-state index in [0.29, 0.717) is 19.1 Å². The fraction of sp³-hybridized carbons (Fsp3) is 0.611. The van der Waals surface area contributed by atoms with Crippen molar-refractivity contribution in [2.45, 2.75) is 32.5 Å². The maximum atomic E-state index is 12.3. The molecule has 2 saturated heterocycles. The van der Waals surface area contributed by atoms with E-state index in [9.17, 15) is 4.79 Å². The van der Waals surface area contributed by atoms with Crippen LogP contribution in [0.5, 0.6) is 5.75 Å². The number of carbonyl (C=O) groups excluding carboxylic acids is 1. The molecule has 0 atom stereocenters. The third-order valence-corrected chi connectivity index (χ3v) is 4.62. The van der Waals surface area contributed by atoms with Crippen LogP contribution in [0.3, 0.4) is 0 Å². The average Bonchev–Trinajstić information content (AvgIpc) is 3.15. The second-order valence-corrected chi connectivity index (χ2v) is 6.11. The van der Waals surface area contributed by atoms with E-state index in [1.807, 2.05) is 29.2 Å². The highest BCUT2D eigenvalue weighted by Crippen LogP contribution is 2.25. The summed E-state index contributed by atoms with van der Waals surface area (Å²) in [5.41, 5.74) is 1.27. The molecular formula is C18H25NO4. The molecule has 2 aliphatic heterocycles. The molecule has 23 heavy (non-hydrogen) atoms. The minimum Gasteiger partial charge on any atom is -0.484 e. The minimum absolute atomic E-state index is 0.0521. The number of rotatable bonds is 5. The normalized spacial score (nSPS) is 20.0. The Hall–Kier alpha value is -1.59. The zero-order valence-electron chi connectivity index (χ0n) is 13.7. The summed E-state index contributed by atoms with van der Waals surface area (Å²) >= 11 is 0. The Balaban J connectivity index is 1.42. The molecule has 126 valence electrons. The number of likely N-dealkylation sites (tertiary alicyclic amines) is 1. The number of ether oxygens (including phenoxy) is 3. The van der Waals surface area contributed by atoms with E-state index in [1.165, 1.54) is 5.56 Å². The highest BCUT2D eigenvalue weighted by molar-refractivity contribution is 5.77. The Morgan fingerprint density at radius 3 is 2.43 bits per heavy atom. The van der Waals surface area contributed by atoms with Gasteiger partial charge in [0.2, 0.25) is 0 Å². The monoisotopic (exact) mass is 319 g/mol. The number of benzene rings is 1. The predicted octanol–water partition coefficient (Wildman–Crippen LogP) is 2.24. The summed E-state index contributed by atoms with van der Waals surface area (Å²) in [7, 11) is 0.